The molecule has 1 atom stereocenters. The molecule has 1 aliphatic heterocycles. The Hall–Kier alpha value is -1.59. The van der Waals surface area contributed by atoms with Crippen LogP contribution in [0.25, 0.3) is 0 Å². The van der Waals surface area contributed by atoms with Crippen LogP contribution in [0.5, 0.6) is 0 Å². The lowest BCUT2D eigenvalue weighted by Crippen LogP contribution is -2.53. The highest BCUT2D eigenvalue weighted by molar-refractivity contribution is 5.74. The van der Waals surface area contributed by atoms with E-state index in [4.69, 9.17) is 4.74 Å². The van der Waals surface area contributed by atoms with E-state index in [1.54, 1.807) is 4.90 Å². The molecule has 1 unspecified atom stereocenters. The molecule has 1 aromatic carbocycles. The fourth-order valence-electron chi connectivity index (χ4n) is 1.95. The third-order valence-corrected chi connectivity index (χ3v) is 2.99. The number of morpholine rings is 1. The predicted molar refractivity (Wildman–Crippen MR) is 67.1 cm³/mol. The Morgan fingerprint density at radius 3 is 2.94 bits per heavy atom. The zero-order valence-electron chi connectivity index (χ0n) is 10.2. The summed E-state index contributed by atoms with van der Waals surface area (Å²) in [6.45, 7) is 1.87. The first kappa shape index (κ1) is 12.9. The van der Waals surface area contributed by atoms with E-state index < -0.39 is 0 Å². The monoisotopic (exact) mass is 250 g/mol. The molecule has 5 heteroatoms. The highest BCUT2D eigenvalue weighted by Crippen LogP contribution is 2.07. The normalized spacial score (nSPS) is 19.6. The molecular formula is C13H18N2O3. The quantitative estimate of drug-likeness (QED) is 0.825. The van der Waals surface area contributed by atoms with E-state index >= 15 is 0 Å². The molecule has 1 fully saturated rings. The van der Waals surface area contributed by atoms with Crippen molar-refractivity contribution in [2.45, 2.75) is 12.6 Å². The lowest BCUT2D eigenvalue weighted by molar-refractivity contribution is -0.00766. The summed E-state index contributed by atoms with van der Waals surface area (Å²) in [4.78, 5) is 13.6. The van der Waals surface area contributed by atoms with Gasteiger partial charge in [-0.3, -0.25) is 0 Å². The van der Waals surface area contributed by atoms with Crippen molar-refractivity contribution in [3.8, 4) is 0 Å². The van der Waals surface area contributed by atoms with Crippen molar-refractivity contribution >= 4 is 6.03 Å². The molecular weight excluding hydrogens is 232 g/mol. The van der Waals surface area contributed by atoms with Gasteiger partial charge in [0.1, 0.15) is 0 Å². The van der Waals surface area contributed by atoms with Crippen LogP contribution in [0.4, 0.5) is 4.79 Å². The SMILES string of the molecule is O=C(NCc1ccccc1)N1CCOCC1CO. The summed E-state index contributed by atoms with van der Waals surface area (Å²) in [7, 11) is 0. The maximum Gasteiger partial charge on any atom is 0.318 e. The zero-order valence-corrected chi connectivity index (χ0v) is 10.2. The summed E-state index contributed by atoms with van der Waals surface area (Å²) in [5.41, 5.74) is 1.06. The highest BCUT2D eigenvalue weighted by atomic mass is 16.5. The van der Waals surface area contributed by atoms with E-state index in [0.29, 0.717) is 26.3 Å². The van der Waals surface area contributed by atoms with Crippen LogP contribution in [0.2, 0.25) is 0 Å². The fourth-order valence-corrected chi connectivity index (χ4v) is 1.95. The molecule has 18 heavy (non-hydrogen) atoms. The van der Waals surface area contributed by atoms with E-state index in [-0.39, 0.29) is 18.7 Å². The average Bonchev–Trinajstić information content (AvgIpc) is 2.45. The third-order valence-electron chi connectivity index (χ3n) is 2.99. The van der Waals surface area contributed by atoms with Gasteiger partial charge >= 0.3 is 6.03 Å². The van der Waals surface area contributed by atoms with E-state index in [1.807, 2.05) is 30.3 Å². The molecule has 5 nitrogen and oxygen atoms in total. The minimum Gasteiger partial charge on any atom is -0.394 e. The Kier molecular flexibility index (Phi) is 4.55. The van der Waals surface area contributed by atoms with Crippen molar-refractivity contribution in [1.29, 1.82) is 0 Å². The van der Waals surface area contributed by atoms with Crippen LogP contribution in [0.1, 0.15) is 5.56 Å². The number of hydrogen-bond acceptors (Lipinski definition) is 3. The molecule has 0 aromatic heterocycles. The topological polar surface area (TPSA) is 61.8 Å². The van der Waals surface area contributed by atoms with Gasteiger partial charge in [0.25, 0.3) is 0 Å². The van der Waals surface area contributed by atoms with Gasteiger partial charge in [0.05, 0.1) is 25.9 Å². The van der Waals surface area contributed by atoms with Gasteiger partial charge in [0.2, 0.25) is 0 Å². The first-order valence-electron chi connectivity index (χ1n) is 6.08. The lowest BCUT2D eigenvalue weighted by Gasteiger charge is -2.34. The summed E-state index contributed by atoms with van der Waals surface area (Å²) in [5, 5.41) is 12.0. The number of nitrogens with one attached hydrogen (secondary N) is 1. The van der Waals surface area contributed by atoms with E-state index in [0.717, 1.165) is 5.56 Å². The van der Waals surface area contributed by atoms with Crippen LogP contribution in [0, 0.1) is 0 Å². The molecule has 0 bridgehead atoms. The van der Waals surface area contributed by atoms with Crippen molar-refractivity contribution in [3.05, 3.63) is 35.9 Å². The number of carbonyl (C=O) groups excluding carboxylic acids is 1. The van der Waals surface area contributed by atoms with Gasteiger partial charge in [-0.1, -0.05) is 30.3 Å². The molecule has 0 radical (unpaired) electrons. The summed E-state index contributed by atoms with van der Waals surface area (Å²) >= 11 is 0. The number of carbonyl (C=O) groups is 1. The fraction of sp³-hybridized carbons (Fsp3) is 0.462. The minimum absolute atomic E-state index is 0.0707. The minimum atomic E-state index is -0.241. The maximum absolute atomic E-state index is 12.0. The van der Waals surface area contributed by atoms with Gasteiger partial charge in [0.15, 0.2) is 0 Å². The third kappa shape index (κ3) is 3.21. The number of ether oxygens (including phenoxy) is 1. The molecule has 1 heterocycles. The molecule has 1 saturated heterocycles. The molecule has 2 rings (SSSR count). The predicted octanol–water partition coefficient (Wildman–Crippen LogP) is 0.589. The number of amides is 2. The van der Waals surface area contributed by atoms with Gasteiger partial charge in [-0.15, -0.1) is 0 Å². The number of aliphatic hydroxyl groups excluding tert-OH is 1. The summed E-state index contributed by atoms with van der Waals surface area (Å²) in [5.74, 6) is 0. The first-order valence-corrected chi connectivity index (χ1v) is 6.08. The molecule has 2 amide bonds. The second-order valence-electron chi connectivity index (χ2n) is 4.25. The number of hydrogen-bond donors (Lipinski definition) is 2. The van der Waals surface area contributed by atoms with Crippen molar-refractivity contribution in [3.63, 3.8) is 0 Å². The van der Waals surface area contributed by atoms with Crippen molar-refractivity contribution in [2.24, 2.45) is 0 Å². The van der Waals surface area contributed by atoms with Crippen molar-refractivity contribution in [1.82, 2.24) is 10.2 Å². The Labute approximate surface area is 106 Å². The summed E-state index contributed by atoms with van der Waals surface area (Å²) in [6, 6.07) is 9.34. The van der Waals surface area contributed by atoms with Gasteiger partial charge in [-0.25, -0.2) is 4.79 Å². The molecule has 0 saturated carbocycles. The van der Waals surface area contributed by atoms with Crippen LogP contribution in [-0.4, -0.2) is 48.4 Å². The van der Waals surface area contributed by atoms with Crippen molar-refractivity contribution < 1.29 is 14.6 Å². The lowest BCUT2D eigenvalue weighted by atomic mass is 10.2. The molecule has 2 N–H and O–H groups in total. The number of nitrogens with zero attached hydrogens (tertiary/aromatic N) is 1. The second-order valence-corrected chi connectivity index (χ2v) is 4.25. The first-order chi connectivity index (χ1) is 8.81. The Balaban J connectivity index is 1.87. The van der Waals surface area contributed by atoms with Gasteiger partial charge in [-0.05, 0) is 5.56 Å². The van der Waals surface area contributed by atoms with Crippen LogP contribution in [0.15, 0.2) is 30.3 Å². The zero-order chi connectivity index (χ0) is 12.8. The smallest absolute Gasteiger partial charge is 0.318 e. The molecule has 0 aliphatic carbocycles. The highest BCUT2D eigenvalue weighted by Gasteiger charge is 2.26. The number of benzene rings is 1. The van der Waals surface area contributed by atoms with Crippen LogP contribution in [0.3, 0.4) is 0 Å². The summed E-state index contributed by atoms with van der Waals surface area (Å²) in [6.07, 6.45) is 0. The maximum atomic E-state index is 12.0. The second kappa shape index (κ2) is 6.37. The molecule has 1 aromatic rings. The van der Waals surface area contributed by atoms with Gasteiger partial charge in [-0.2, -0.15) is 0 Å². The van der Waals surface area contributed by atoms with Gasteiger partial charge < -0.3 is 20.1 Å². The number of rotatable bonds is 3. The van der Waals surface area contributed by atoms with E-state index in [1.165, 1.54) is 0 Å². The molecule has 1 aliphatic rings. The molecule has 0 spiro atoms. The standard InChI is InChI=1S/C13H18N2O3/c16-9-12-10-18-7-6-15(12)13(17)14-8-11-4-2-1-3-5-11/h1-5,12,16H,6-10H2,(H,14,17). The van der Waals surface area contributed by atoms with E-state index in [9.17, 15) is 9.90 Å². The molecule has 98 valence electrons. The summed E-state index contributed by atoms with van der Waals surface area (Å²) < 4.78 is 5.23. The van der Waals surface area contributed by atoms with Crippen LogP contribution in [-0.2, 0) is 11.3 Å². The van der Waals surface area contributed by atoms with Crippen LogP contribution < -0.4 is 5.32 Å². The number of urea groups is 1. The van der Waals surface area contributed by atoms with Crippen LogP contribution >= 0.6 is 0 Å². The Morgan fingerprint density at radius 1 is 1.44 bits per heavy atom. The Bertz CT molecular complexity index is 383. The number of aliphatic hydroxyl groups is 1. The largest absolute Gasteiger partial charge is 0.394 e. The van der Waals surface area contributed by atoms with Crippen molar-refractivity contribution in [2.75, 3.05) is 26.4 Å². The average molecular weight is 250 g/mol. The van der Waals surface area contributed by atoms with Gasteiger partial charge in [0, 0.05) is 13.1 Å². The van der Waals surface area contributed by atoms with E-state index in [2.05, 4.69) is 5.32 Å². The Morgan fingerprint density at radius 2 is 2.22 bits per heavy atom.